The van der Waals surface area contributed by atoms with Crippen LogP contribution < -0.4 is 5.32 Å². The fraction of sp³-hybridized carbons (Fsp3) is 1.00. The minimum absolute atomic E-state index is 0.550. The molecule has 0 aromatic heterocycles. The standard InChI is InChI=1S/C18H35NO/c1-4-11-19-17(16-8-7-12-20-14-16)18(13-15(2)3)9-5-6-10-18/h15-17,19H,4-14H2,1-3H3. The van der Waals surface area contributed by atoms with E-state index in [9.17, 15) is 0 Å². The average molecular weight is 281 g/mol. The number of hydrogen-bond acceptors (Lipinski definition) is 2. The topological polar surface area (TPSA) is 21.3 Å². The molecule has 20 heavy (non-hydrogen) atoms. The zero-order valence-corrected chi connectivity index (χ0v) is 13.9. The molecule has 1 saturated carbocycles. The van der Waals surface area contributed by atoms with Crippen LogP contribution in [0.15, 0.2) is 0 Å². The van der Waals surface area contributed by atoms with E-state index in [0.29, 0.717) is 11.5 Å². The van der Waals surface area contributed by atoms with E-state index in [4.69, 9.17) is 4.74 Å². The van der Waals surface area contributed by atoms with E-state index in [1.54, 1.807) is 0 Å². The van der Waals surface area contributed by atoms with Crippen LogP contribution in [0.25, 0.3) is 0 Å². The van der Waals surface area contributed by atoms with Crippen molar-refractivity contribution in [2.75, 3.05) is 19.8 Å². The molecule has 2 nitrogen and oxygen atoms in total. The molecule has 0 bridgehead atoms. The fourth-order valence-corrected chi connectivity index (χ4v) is 4.75. The van der Waals surface area contributed by atoms with Crippen LogP contribution in [-0.2, 0) is 4.74 Å². The summed E-state index contributed by atoms with van der Waals surface area (Å²) in [6.45, 7) is 10.2. The van der Waals surface area contributed by atoms with Crippen molar-refractivity contribution in [2.24, 2.45) is 17.3 Å². The average Bonchev–Trinajstić information content (AvgIpc) is 2.89. The lowest BCUT2D eigenvalue weighted by atomic mass is 9.67. The van der Waals surface area contributed by atoms with E-state index in [-0.39, 0.29) is 0 Å². The van der Waals surface area contributed by atoms with Crippen molar-refractivity contribution in [3.05, 3.63) is 0 Å². The summed E-state index contributed by atoms with van der Waals surface area (Å²) >= 11 is 0. The van der Waals surface area contributed by atoms with Gasteiger partial charge in [-0.25, -0.2) is 0 Å². The molecule has 2 rings (SSSR count). The van der Waals surface area contributed by atoms with Gasteiger partial charge in [-0.05, 0) is 62.3 Å². The molecule has 0 aromatic carbocycles. The Bertz CT molecular complexity index is 265. The summed E-state index contributed by atoms with van der Waals surface area (Å²) in [5.41, 5.74) is 0.550. The van der Waals surface area contributed by atoms with E-state index in [0.717, 1.165) is 25.0 Å². The molecule has 0 radical (unpaired) electrons. The first-order valence-corrected chi connectivity index (χ1v) is 8.99. The molecular formula is C18H35NO. The van der Waals surface area contributed by atoms with Crippen molar-refractivity contribution < 1.29 is 4.74 Å². The SMILES string of the molecule is CCCNC(C1CCCOC1)C1(CC(C)C)CCCC1. The predicted octanol–water partition coefficient (Wildman–Crippen LogP) is 4.39. The zero-order valence-electron chi connectivity index (χ0n) is 13.9. The molecular weight excluding hydrogens is 246 g/mol. The van der Waals surface area contributed by atoms with Crippen molar-refractivity contribution in [3.8, 4) is 0 Å². The second-order valence-corrected chi connectivity index (χ2v) is 7.58. The molecule has 2 unspecified atom stereocenters. The lowest BCUT2D eigenvalue weighted by Crippen LogP contribution is -2.51. The van der Waals surface area contributed by atoms with E-state index < -0.39 is 0 Å². The van der Waals surface area contributed by atoms with Crippen LogP contribution in [0.4, 0.5) is 0 Å². The third-order valence-electron chi connectivity index (χ3n) is 5.36. The molecule has 118 valence electrons. The number of nitrogens with one attached hydrogen (secondary N) is 1. The summed E-state index contributed by atoms with van der Waals surface area (Å²) in [5.74, 6) is 1.55. The van der Waals surface area contributed by atoms with Gasteiger partial charge in [-0.15, -0.1) is 0 Å². The maximum absolute atomic E-state index is 5.81. The Balaban J connectivity index is 2.12. The second-order valence-electron chi connectivity index (χ2n) is 7.58. The van der Waals surface area contributed by atoms with Crippen molar-refractivity contribution in [1.29, 1.82) is 0 Å². The van der Waals surface area contributed by atoms with Gasteiger partial charge in [-0.2, -0.15) is 0 Å². The van der Waals surface area contributed by atoms with Gasteiger partial charge in [0.2, 0.25) is 0 Å². The molecule has 1 heterocycles. The lowest BCUT2D eigenvalue weighted by molar-refractivity contribution is 0.00212. The van der Waals surface area contributed by atoms with E-state index in [2.05, 4.69) is 26.1 Å². The fourth-order valence-electron chi connectivity index (χ4n) is 4.75. The second kappa shape index (κ2) is 7.79. The summed E-state index contributed by atoms with van der Waals surface area (Å²) < 4.78 is 5.81. The molecule has 1 aliphatic carbocycles. The van der Waals surface area contributed by atoms with Crippen LogP contribution in [-0.4, -0.2) is 25.8 Å². The maximum Gasteiger partial charge on any atom is 0.0509 e. The molecule has 0 spiro atoms. The van der Waals surface area contributed by atoms with Crippen LogP contribution in [0.1, 0.15) is 72.1 Å². The first kappa shape index (κ1) is 16.3. The van der Waals surface area contributed by atoms with Gasteiger partial charge in [0.15, 0.2) is 0 Å². The van der Waals surface area contributed by atoms with Crippen molar-refractivity contribution in [3.63, 3.8) is 0 Å². The Hall–Kier alpha value is -0.0800. The Morgan fingerprint density at radius 3 is 2.50 bits per heavy atom. The highest BCUT2D eigenvalue weighted by Gasteiger charge is 2.44. The van der Waals surface area contributed by atoms with E-state index in [1.807, 2.05) is 0 Å². The monoisotopic (exact) mass is 281 g/mol. The smallest absolute Gasteiger partial charge is 0.0509 e. The normalized spacial score (nSPS) is 27.9. The van der Waals surface area contributed by atoms with Gasteiger partial charge in [0.05, 0.1) is 6.61 Å². The molecule has 1 saturated heterocycles. The van der Waals surface area contributed by atoms with Crippen molar-refractivity contribution >= 4 is 0 Å². The molecule has 2 fully saturated rings. The maximum atomic E-state index is 5.81. The minimum Gasteiger partial charge on any atom is -0.381 e. The van der Waals surface area contributed by atoms with Crippen LogP contribution in [0, 0.1) is 17.3 Å². The highest BCUT2D eigenvalue weighted by atomic mass is 16.5. The summed E-state index contributed by atoms with van der Waals surface area (Å²) in [4.78, 5) is 0. The quantitative estimate of drug-likeness (QED) is 0.747. The molecule has 0 aromatic rings. The number of hydrogen-bond donors (Lipinski definition) is 1. The third kappa shape index (κ3) is 3.98. The summed E-state index contributed by atoms with van der Waals surface area (Å²) in [6, 6.07) is 0.688. The minimum atomic E-state index is 0.550. The molecule has 1 aliphatic heterocycles. The molecule has 1 N–H and O–H groups in total. The molecule has 2 aliphatic rings. The van der Waals surface area contributed by atoms with E-state index >= 15 is 0 Å². The first-order chi connectivity index (χ1) is 9.68. The van der Waals surface area contributed by atoms with Gasteiger partial charge in [0.1, 0.15) is 0 Å². The predicted molar refractivity (Wildman–Crippen MR) is 86.0 cm³/mol. The summed E-state index contributed by atoms with van der Waals surface area (Å²) in [7, 11) is 0. The summed E-state index contributed by atoms with van der Waals surface area (Å²) in [6.07, 6.45) is 11.0. The Morgan fingerprint density at radius 1 is 1.20 bits per heavy atom. The molecule has 2 heteroatoms. The summed E-state index contributed by atoms with van der Waals surface area (Å²) in [5, 5.41) is 3.95. The molecule has 2 atom stereocenters. The number of rotatable bonds is 7. The van der Waals surface area contributed by atoms with Crippen molar-refractivity contribution in [2.45, 2.75) is 78.2 Å². The first-order valence-electron chi connectivity index (χ1n) is 8.99. The van der Waals surface area contributed by atoms with Gasteiger partial charge in [0.25, 0.3) is 0 Å². The Morgan fingerprint density at radius 2 is 1.95 bits per heavy atom. The van der Waals surface area contributed by atoms with Gasteiger partial charge in [0, 0.05) is 12.6 Å². The highest BCUT2D eigenvalue weighted by Crippen LogP contribution is 2.48. The van der Waals surface area contributed by atoms with Crippen LogP contribution >= 0.6 is 0 Å². The van der Waals surface area contributed by atoms with Crippen LogP contribution in [0.3, 0.4) is 0 Å². The van der Waals surface area contributed by atoms with Crippen LogP contribution in [0.5, 0.6) is 0 Å². The Kier molecular flexibility index (Phi) is 6.35. The van der Waals surface area contributed by atoms with Gasteiger partial charge >= 0.3 is 0 Å². The highest BCUT2D eigenvalue weighted by molar-refractivity contribution is 4.98. The van der Waals surface area contributed by atoms with Crippen LogP contribution in [0.2, 0.25) is 0 Å². The van der Waals surface area contributed by atoms with Crippen molar-refractivity contribution in [1.82, 2.24) is 5.32 Å². The Labute approximate surface area is 126 Å². The largest absolute Gasteiger partial charge is 0.381 e. The lowest BCUT2D eigenvalue weighted by Gasteiger charge is -2.45. The molecule has 0 amide bonds. The van der Waals surface area contributed by atoms with Gasteiger partial charge < -0.3 is 10.1 Å². The third-order valence-corrected chi connectivity index (χ3v) is 5.36. The zero-order chi connectivity index (χ0) is 14.4. The number of ether oxygens (including phenoxy) is 1. The van der Waals surface area contributed by atoms with Gasteiger partial charge in [-0.3, -0.25) is 0 Å². The van der Waals surface area contributed by atoms with Gasteiger partial charge in [-0.1, -0.05) is 33.6 Å². The van der Waals surface area contributed by atoms with E-state index in [1.165, 1.54) is 57.9 Å².